The summed E-state index contributed by atoms with van der Waals surface area (Å²) in [5.41, 5.74) is 0.674. The van der Waals surface area contributed by atoms with Gasteiger partial charge in [-0.25, -0.2) is 4.39 Å². The number of thiophene rings is 1. The standard InChI is InChI=1S/C16H19BrFNOS/c1-3-9-19-12(14-7-8-15(17)21-14)10-11-5-4-6-13(20-2)16(11)18/h4-8,12,19H,3,9-10H2,1-2H3. The first kappa shape index (κ1) is 16.5. The normalized spacial score (nSPS) is 12.4. The van der Waals surface area contributed by atoms with E-state index in [9.17, 15) is 4.39 Å². The zero-order chi connectivity index (χ0) is 15.2. The number of nitrogens with one attached hydrogen (secondary N) is 1. The van der Waals surface area contributed by atoms with Gasteiger partial charge in [0.15, 0.2) is 11.6 Å². The quantitative estimate of drug-likeness (QED) is 0.743. The number of hydrogen-bond donors (Lipinski definition) is 1. The number of hydrogen-bond acceptors (Lipinski definition) is 3. The van der Waals surface area contributed by atoms with Gasteiger partial charge in [0, 0.05) is 10.9 Å². The van der Waals surface area contributed by atoms with Crippen molar-refractivity contribution in [2.45, 2.75) is 25.8 Å². The van der Waals surface area contributed by atoms with Crippen molar-refractivity contribution in [1.29, 1.82) is 0 Å². The van der Waals surface area contributed by atoms with Crippen LogP contribution in [0.15, 0.2) is 34.1 Å². The van der Waals surface area contributed by atoms with Gasteiger partial charge in [-0.15, -0.1) is 11.3 Å². The molecule has 0 aliphatic heterocycles. The highest BCUT2D eigenvalue weighted by atomic mass is 79.9. The zero-order valence-electron chi connectivity index (χ0n) is 12.2. The first-order valence-electron chi connectivity index (χ1n) is 6.95. The minimum absolute atomic E-state index is 0.114. The van der Waals surface area contributed by atoms with E-state index < -0.39 is 0 Å². The molecule has 114 valence electrons. The largest absolute Gasteiger partial charge is 0.494 e. The van der Waals surface area contributed by atoms with Crippen molar-refractivity contribution in [3.05, 3.63) is 50.4 Å². The van der Waals surface area contributed by atoms with Crippen LogP contribution in [0.25, 0.3) is 0 Å². The average Bonchev–Trinajstić information content (AvgIpc) is 2.91. The summed E-state index contributed by atoms with van der Waals surface area (Å²) in [5, 5.41) is 3.49. The fourth-order valence-electron chi connectivity index (χ4n) is 2.20. The average molecular weight is 372 g/mol. The summed E-state index contributed by atoms with van der Waals surface area (Å²) in [6.45, 7) is 3.03. The third-order valence-corrected chi connectivity index (χ3v) is 5.00. The lowest BCUT2D eigenvalue weighted by Gasteiger charge is -2.18. The fraction of sp³-hybridized carbons (Fsp3) is 0.375. The maximum Gasteiger partial charge on any atom is 0.168 e. The maximum absolute atomic E-state index is 14.3. The fourth-order valence-corrected chi connectivity index (χ4v) is 3.70. The van der Waals surface area contributed by atoms with E-state index in [1.54, 1.807) is 17.4 Å². The highest BCUT2D eigenvalue weighted by Crippen LogP contribution is 2.31. The first-order chi connectivity index (χ1) is 10.2. The molecule has 2 rings (SSSR count). The van der Waals surface area contributed by atoms with Gasteiger partial charge in [0.05, 0.1) is 10.9 Å². The first-order valence-corrected chi connectivity index (χ1v) is 8.56. The lowest BCUT2D eigenvalue weighted by Crippen LogP contribution is -2.23. The van der Waals surface area contributed by atoms with E-state index in [0.29, 0.717) is 17.7 Å². The second-order valence-electron chi connectivity index (χ2n) is 4.79. The molecule has 0 amide bonds. The predicted octanol–water partition coefficient (Wildman–Crippen LogP) is 4.94. The van der Waals surface area contributed by atoms with Gasteiger partial charge in [-0.1, -0.05) is 19.1 Å². The molecule has 21 heavy (non-hydrogen) atoms. The number of methoxy groups -OCH3 is 1. The van der Waals surface area contributed by atoms with Gasteiger partial charge in [-0.3, -0.25) is 0 Å². The topological polar surface area (TPSA) is 21.3 Å². The molecule has 0 saturated carbocycles. The van der Waals surface area contributed by atoms with Crippen molar-refractivity contribution in [2.75, 3.05) is 13.7 Å². The zero-order valence-corrected chi connectivity index (χ0v) is 14.6. The molecule has 2 nitrogen and oxygen atoms in total. The van der Waals surface area contributed by atoms with Crippen LogP contribution in [0.5, 0.6) is 5.75 Å². The Morgan fingerprint density at radius 2 is 2.14 bits per heavy atom. The van der Waals surface area contributed by atoms with Gasteiger partial charge < -0.3 is 10.1 Å². The minimum Gasteiger partial charge on any atom is -0.494 e. The molecule has 0 bridgehead atoms. The maximum atomic E-state index is 14.3. The van der Waals surface area contributed by atoms with Crippen LogP contribution in [0.3, 0.4) is 0 Å². The summed E-state index contributed by atoms with van der Waals surface area (Å²) in [5.74, 6) is 0.0352. The Balaban J connectivity index is 2.22. The monoisotopic (exact) mass is 371 g/mol. The van der Waals surface area contributed by atoms with Crippen molar-refractivity contribution in [3.63, 3.8) is 0 Å². The summed E-state index contributed by atoms with van der Waals surface area (Å²) >= 11 is 5.17. The molecule has 0 aliphatic carbocycles. The van der Waals surface area contributed by atoms with Crippen molar-refractivity contribution >= 4 is 27.3 Å². The van der Waals surface area contributed by atoms with E-state index in [-0.39, 0.29) is 11.9 Å². The number of ether oxygens (including phenoxy) is 1. The van der Waals surface area contributed by atoms with Crippen LogP contribution in [0.4, 0.5) is 4.39 Å². The molecule has 1 aromatic carbocycles. The molecule has 1 unspecified atom stereocenters. The molecule has 0 fully saturated rings. The molecule has 1 heterocycles. The summed E-state index contributed by atoms with van der Waals surface area (Å²) in [6, 6.07) is 9.53. The molecule has 2 aromatic rings. The van der Waals surface area contributed by atoms with E-state index in [1.807, 2.05) is 18.2 Å². The molecule has 1 atom stereocenters. The van der Waals surface area contributed by atoms with E-state index in [4.69, 9.17) is 4.74 Å². The summed E-state index contributed by atoms with van der Waals surface area (Å²) < 4.78 is 20.5. The third-order valence-electron chi connectivity index (χ3n) is 3.27. The second kappa shape index (κ2) is 7.92. The molecule has 0 saturated heterocycles. The molecule has 0 spiro atoms. The SMILES string of the molecule is CCCNC(Cc1cccc(OC)c1F)c1ccc(Br)s1. The predicted molar refractivity (Wildman–Crippen MR) is 89.7 cm³/mol. The van der Waals surface area contributed by atoms with Crippen LogP contribution < -0.4 is 10.1 Å². The third kappa shape index (κ3) is 4.28. The molecular formula is C16H19BrFNOS. The van der Waals surface area contributed by atoms with Crippen LogP contribution in [0.2, 0.25) is 0 Å². The van der Waals surface area contributed by atoms with Crippen LogP contribution in [0.1, 0.15) is 29.8 Å². The van der Waals surface area contributed by atoms with E-state index in [1.165, 1.54) is 12.0 Å². The molecule has 1 N–H and O–H groups in total. The lowest BCUT2D eigenvalue weighted by atomic mass is 10.0. The summed E-state index contributed by atoms with van der Waals surface area (Å²) in [4.78, 5) is 1.21. The lowest BCUT2D eigenvalue weighted by molar-refractivity contribution is 0.382. The Morgan fingerprint density at radius 3 is 2.76 bits per heavy atom. The Labute approximate surface area is 137 Å². The van der Waals surface area contributed by atoms with Gasteiger partial charge in [-0.05, 0) is 59.1 Å². The summed E-state index contributed by atoms with van der Waals surface area (Å²) in [7, 11) is 1.49. The molecule has 0 radical (unpaired) electrons. The minimum atomic E-state index is -0.265. The van der Waals surface area contributed by atoms with Gasteiger partial charge in [-0.2, -0.15) is 0 Å². The summed E-state index contributed by atoms with van der Waals surface area (Å²) in [6.07, 6.45) is 1.65. The number of rotatable bonds is 7. The molecular weight excluding hydrogens is 353 g/mol. The van der Waals surface area contributed by atoms with Gasteiger partial charge >= 0.3 is 0 Å². The van der Waals surface area contributed by atoms with Crippen molar-refractivity contribution in [1.82, 2.24) is 5.32 Å². The Kier molecular flexibility index (Phi) is 6.21. The van der Waals surface area contributed by atoms with Crippen molar-refractivity contribution in [2.24, 2.45) is 0 Å². The van der Waals surface area contributed by atoms with Gasteiger partial charge in [0.1, 0.15) is 0 Å². The number of halogens is 2. The Morgan fingerprint density at radius 1 is 1.33 bits per heavy atom. The van der Waals surface area contributed by atoms with E-state index in [0.717, 1.165) is 16.8 Å². The second-order valence-corrected chi connectivity index (χ2v) is 7.28. The van der Waals surface area contributed by atoms with Crippen LogP contribution in [-0.4, -0.2) is 13.7 Å². The van der Waals surface area contributed by atoms with Crippen LogP contribution in [-0.2, 0) is 6.42 Å². The van der Waals surface area contributed by atoms with Crippen molar-refractivity contribution < 1.29 is 9.13 Å². The Hall–Kier alpha value is -0.910. The molecule has 0 aliphatic rings. The van der Waals surface area contributed by atoms with Gasteiger partial charge in [0.2, 0.25) is 0 Å². The van der Waals surface area contributed by atoms with Gasteiger partial charge in [0.25, 0.3) is 0 Å². The molecule has 1 aromatic heterocycles. The van der Waals surface area contributed by atoms with E-state index in [2.05, 4.69) is 34.2 Å². The number of benzene rings is 1. The van der Waals surface area contributed by atoms with Crippen molar-refractivity contribution in [3.8, 4) is 5.75 Å². The Bertz CT molecular complexity index is 587. The highest BCUT2D eigenvalue weighted by Gasteiger charge is 2.17. The molecule has 5 heteroatoms. The van der Waals surface area contributed by atoms with Crippen LogP contribution >= 0.6 is 27.3 Å². The smallest absolute Gasteiger partial charge is 0.168 e. The van der Waals surface area contributed by atoms with E-state index >= 15 is 0 Å². The highest BCUT2D eigenvalue weighted by molar-refractivity contribution is 9.11. The van der Waals surface area contributed by atoms with Crippen LogP contribution in [0, 0.1) is 5.82 Å².